The summed E-state index contributed by atoms with van der Waals surface area (Å²) in [6, 6.07) is 2.75. The second-order valence-electron chi connectivity index (χ2n) is 4.82. The van der Waals surface area contributed by atoms with Crippen LogP contribution in [0.2, 0.25) is 0 Å². The molecule has 1 aromatic heterocycles. The Morgan fingerprint density at radius 2 is 2.33 bits per heavy atom. The van der Waals surface area contributed by atoms with Crippen molar-refractivity contribution < 1.29 is 22.7 Å². The number of hydrogen-bond donors (Lipinski definition) is 1. The van der Waals surface area contributed by atoms with Gasteiger partial charge in [0.05, 0.1) is 0 Å². The van der Waals surface area contributed by atoms with Gasteiger partial charge in [-0.15, -0.1) is 0 Å². The zero-order chi connectivity index (χ0) is 15.5. The van der Waals surface area contributed by atoms with Crippen molar-refractivity contribution in [2.75, 3.05) is 26.7 Å². The summed E-state index contributed by atoms with van der Waals surface area (Å²) in [5.41, 5.74) is -0.101. The topological polar surface area (TPSA) is 54.5 Å². The fourth-order valence-corrected chi connectivity index (χ4v) is 2.13. The lowest BCUT2D eigenvalue weighted by molar-refractivity contribution is -0.153. The highest BCUT2D eigenvalue weighted by Gasteiger charge is 2.31. The van der Waals surface area contributed by atoms with E-state index in [2.05, 4.69) is 15.0 Å². The summed E-state index contributed by atoms with van der Waals surface area (Å²) in [6.07, 6.45) is -2.31. The number of nitrogens with one attached hydrogen (secondary N) is 1. The van der Waals surface area contributed by atoms with Crippen molar-refractivity contribution in [3.63, 3.8) is 0 Å². The monoisotopic (exact) mass is 303 g/mol. The van der Waals surface area contributed by atoms with Crippen LogP contribution in [0.3, 0.4) is 0 Å². The van der Waals surface area contributed by atoms with Crippen LogP contribution in [0.4, 0.5) is 13.2 Å². The minimum absolute atomic E-state index is 0.00923. The number of hydrogen-bond acceptors (Lipinski definition) is 4. The van der Waals surface area contributed by atoms with Crippen LogP contribution >= 0.6 is 0 Å². The summed E-state index contributed by atoms with van der Waals surface area (Å²) in [6.45, 7) is 0.0173. The summed E-state index contributed by atoms with van der Waals surface area (Å²) in [5, 5.41) is 3.12. The molecule has 0 radical (unpaired) electrons. The van der Waals surface area contributed by atoms with Crippen LogP contribution in [0, 0.1) is 0 Å². The van der Waals surface area contributed by atoms with Crippen LogP contribution in [0.15, 0.2) is 18.3 Å². The fourth-order valence-electron chi connectivity index (χ4n) is 2.13. The van der Waals surface area contributed by atoms with Crippen LogP contribution < -0.4 is 10.1 Å². The standard InChI is InChI=1S/C13H16F3N3O2/c1-19(9-4-6-17-7-9)12(20)11-10(3-2-5-18-11)21-8-13(14,15)16/h2-3,5,9,17H,4,6-8H2,1H3/t9-/m1/s1. The molecule has 2 heterocycles. The van der Waals surface area contributed by atoms with E-state index in [-0.39, 0.29) is 17.5 Å². The number of likely N-dealkylation sites (N-methyl/N-ethyl adjacent to an activating group) is 1. The van der Waals surface area contributed by atoms with Gasteiger partial charge in [-0.25, -0.2) is 4.98 Å². The third-order valence-corrected chi connectivity index (χ3v) is 3.27. The van der Waals surface area contributed by atoms with E-state index in [0.29, 0.717) is 6.54 Å². The van der Waals surface area contributed by atoms with Crippen LogP contribution in [-0.2, 0) is 0 Å². The smallest absolute Gasteiger partial charge is 0.422 e. The lowest BCUT2D eigenvalue weighted by Gasteiger charge is -2.24. The van der Waals surface area contributed by atoms with Gasteiger partial charge >= 0.3 is 6.18 Å². The predicted molar refractivity (Wildman–Crippen MR) is 69.2 cm³/mol. The summed E-state index contributed by atoms with van der Waals surface area (Å²) in [5.74, 6) is -0.598. The molecular formula is C13H16F3N3O2. The number of amides is 1. The van der Waals surface area contributed by atoms with E-state index in [9.17, 15) is 18.0 Å². The van der Waals surface area contributed by atoms with Gasteiger partial charge < -0.3 is 15.0 Å². The maximum Gasteiger partial charge on any atom is 0.422 e. The predicted octanol–water partition coefficient (Wildman–Crippen LogP) is 1.46. The van der Waals surface area contributed by atoms with Crippen molar-refractivity contribution in [2.45, 2.75) is 18.6 Å². The Hall–Kier alpha value is -1.83. The molecule has 1 aromatic rings. The highest BCUT2D eigenvalue weighted by Crippen LogP contribution is 2.22. The van der Waals surface area contributed by atoms with Gasteiger partial charge in [0.15, 0.2) is 18.1 Å². The molecule has 1 N–H and O–H groups in total. The zero-order valence-corrected chi connectivity index (χ0v) is 11.5. The number of ether oxygens (including phenoxy) is 1. The first-order valence-electron chi connectivity index (χ1n) is 6.51. The van der Waals surface area contributed by atoms with Gasteiger partial charge in [0, 0.05) is 25.8 Å². The molecule has 0 spiro atoms. The Bertz CT molecular complexity index is 502. The van der Waals surface area contributed by atoms with Crippen molar-refractivity contribution in [3.05, 3.63) is 24.0 Å². The molecule has 0 aliphatic carbocycles. The van der Waals surface area contributed by atoms with Crippen molar-refractivity contribution >= 4 is 5.91 Å². The van der Waals surface area contributed by atoms with E-state index in [1.54, 1.807) is 7.05 Å². The Labute approximate surface area is 120 Å². The molecule has 1 saturated heterocycles. The quantitative estimate of drug-likeness (QED) is 0.915. The molecule has 1 atom stereocenters. The second-order valence-corrected chi connectivity index (χ2v) is 4.82. The fraction of sp³-hybridized carbons (Fsp3) is 0.538. The second kappa shape index (κ2) is 6.30. The molecule has 116 valence electrons. The van der Waals surface area contributed by atoms with Crippen molar-refractivity contribution in [2.24, 2.45) is 0 Å². The molecule has 0 saturated carbocycles. The van der Waals surface area contributed by atoms with Gasteiger partial charge in [0.25, 0.3) is 5.91 Å². The summed E-state index contributed by atoms with van der Waals surface area (Å²) < 4.78 is 41.4. The van der Waals surface area contributed by atoms with E-state index in [1.807, 2.05) is 0 Å². The Kier molecular flexibility index (Phi) is 4.66. The summed E-state index contributed by atoms with van der Waals surface area (Å²) >= 11 is 0. The van der Waals surface area contributed by atoms with E-state index >= 15 is 0 Å². The largest absolute Gasteiger partial charge is 0.482 e. The average Bonchev–Trinajstić information content (AvgIpc) is 2.97. The zero-order valence-electron chi connectivity index (χ0n) is 11.5. The van der Waals surface area contributed by atoms with Gasteiger partial charge in [-0.2, -0.15) is 13.2 Å². The third kappa shape index (κ3) is 4.07. The SMILES string of the molecule is CN(C(=O)c1ncccc1OCC(F)(F)F)[C@@H]1CCNC1. The van der Waals surface area contributed by atoms with Gasteiger partial charge in [-0.3, -0.25) is 4.79 Å². The number of halogens is 3. The molecular weight excluding hydrogens is 287 g/mol. The first-order valence-corrected chi connectivity index (χ1v) is 6.51. The van der Waals surface area contributed by atoms with Crippen LogP contribution in [0.5, 0.6) is 5.75 Å². The number of alkyl halides is 3. The Morgan fingerprint density at radius 1 is 1.57 bits per heavy atom. The van der Waals surface area contributed by atoms with Crippen molar-refractivity contribution in [1.29, 1.82) is 0 Å². The van der Waals surface area contributed by atoms with E-state index < -0.39 is 18.7 Å². The molecule has 0 bridgehead atoms. The molecule has 1 fully saturated rings. The molecule has 1 aliphatic rings. The highest BCUT2D eigenvalue weighted by molar-refractivity contribution is 5.95. The number of nitrogens with zero attached hydrogens (tertiary/aromatic N) is 2. The van der Waals surface area contributed by atoms with Crippen molar-refractivity contribution in [3.8, 4) is 5.75 Å². The molecule has 5 nitrogen and oxygen atoms in total. The number of carbonyl (C=O) groups is 1. The molecule has 1 amide bonds. The maximum atomic E-state index is 12.4. The number of pyridine rings is 1. The number of rotatable bonds is 4. The average molecular weight is 303 g/mol. The van der Waals surface area contributed by atoms with Crippen LogP contribution in [0.1, 0.15) is 16.9 Å². The van der Waals surface area contributed by atoms with E-state index in [0.717, 1.165) is 13.0 Å². The minimum atomic E-state index is -4.46. The van der Waals surface area contributed by atoms with Gasteiger partial charge in [-0.1, -0.05) is 0 Å². The van der Waals surface area contributed by atoms with Crippen LogP contribution in [0.25, 0.3) is 0 Å². The first kappa shape index (κ1) is 15.6. The van der Waals surface area contributed by atoms with Gasteiger partial charge in [0.2, 0.25) is 0 Å². The number of aromatic nitrogens is 1. The maximum absolute atomic E-state index is 12.4. The molecule has 21 heavy (non-hydrogen) atoms. The lowest BCUT2D eigenvalue weighted by atomic mass is 10.2. The lowest BCUT2D eigenvalue weighted by Crippen LogP contribution is -2.39. The third-order valence-electron chi connectivity index (χ3n) is 3.27. The van der Waals surface area contributed by atoms with E-state index in [1.165, 1.54) is 23.2 Å². The molecule has 0 aromatic carbocycles. The Balaban J connectivity index is 2.12. The highest BCUT2D eigenvalue weighted by atomic mass is 19.4. The molecule has 2 rings (SSSR count). The molecule has 8 heteroatoms. The Morgan fingerprint density at radius 3 is 2.95 bits per heavy atom. The normalized spacial score (nSPS) is 18.6. The summed E-state index contributed by atoms with van der Waals surface area (Å²) in [4.78, 5) is 17.7. The van der Waals surface area contributed by atoms with Crippen molar-refractivity contribution in [1.82, 2.24) is 15.2 Å². The van der Waals surface area contributed by atoms with Gasteiger partial charge in [-0.05, 0) is 25.1 Å². The van der Waals surface area contributed by atoms with Crippen LogP contribution in [-0.4, -0.2) is 54.8 Å². The molecule has 1 aliphatic heterocycles. The van der Waals surface area contributed by atoms with Gasteiger partial charge in [0.1, 0.15) is 0 Å². The first-order chi connectivity index (χ1) is 9.88. The molecule has 0 unspecified atom stereocenters. The number of carbonyl (C=O) groups excluding carboxylic acids is 1. The van der Waals surface area contributed by atoms with E-state index in [4.69, 9.17) is 0 Å². The minimum Gasteiger partial charge on any atom is -0.482 e. The summed E-state index contributed by atoms with van der Waals surface area (Å²) in [7, 11) is 1.61.